The molecule has 0 saturated heterocycles. The maximum atomic E-state index is 11.8. The highest BCUT2D eigenvalue weighted by Gasteiger charge is 2.30. The number of ether oxygens (including phenoxy) is 1. The van der Waals surface area contributed by atoms with Crippen LogP contribution in [0.3, 0.4) is 0 Å². The molecule has 0 unspecified atom stereocenters. The molecular formula is C13H14N2O5S2. The molecule has 0 fully saturated rings. The van der Waals surface area contributed by atoms with Gasteiger partial charge in [-0.05, 0) is 24.3 Å². The Bertz CT molecular complexity index is 832. The Morgan fingerprint density at radius 3 is 2.05 bits per heavy atom. The number of benzene rings is 1. The van der Waals surface area contributed by atoms with Crippen LogP contribution in [-0.2, 0) is 20.0 Å². The lowest BCUT2D eigenvalue weighted by Crippen LogP contribution is -2.35. The molecule has 7 nitrogen and oxygen atoms in total. The number of hydrogen-bond acceptors (Lipinski definition) is 6. The van der Waals surface area contributed by atoms with Gasteiger partial charge in [-0.25, -0.2) is 21.8 Å². The van der Waals surface area contributed by atoms with Gasteiger partial charge in [0.1, 0.15) is 11.4 Å². The Balaban J connectivity index is 2.56. The van der Waals surface area contributed by atoms with Gasteiger partial charge in [0, 0.05) is 6.20 Å². The minimum absolute atomic E-state index is 0.121. The largest absolute Gasteiger partial charge is 0.437 e. The summed E-state index contributed by atoms with van der Waals surface area (Å²) < 4.78 is 53.2. The minimum Gasteiger partial charge on any atom is -0.437 e. The van der Waals surface area contributed by atoms with Crippen LogP contribution in [0, 0.1) is 0 Å². The fourth-order valence-electron chi connectivity index (χ4n) is 1.80. The zero-order valence-corrected chi connectivity index (χ0v) is 13.5. The Kier molecular flexibility index (Phi) is 4.38. The van der Waals surface area contributed by atoms with E-state index in [2.05, 4.69) is 4.98 Å². The van der Waals surface area contributed by atoms with Crippen molar-refractivity contribution in [1.82, 2.24) is 4.98 Å². The average Bonchev–Trinajstić information content (AvgIpc) is 2.39. The molecule has 0 N–H and O–H groups in total. The number of rotatable bonds is 5. The summed E-state index contributed by atoms with van der Waals surface area (Å²) in [7, 11) is -8.13. The van der Waals surface area contributed by atoms with E-state index in [4.69, 9.17) is 4.74 Å². The summed E-state index contributed by atoms with van der Waals surface area (Å²) >= 11 is 0. The standard InChI is InChI=1S/C13H14N2O5S2/c1-21(16,17)15(22(2,18)19)12-9-6-10-14-13(12)20-11-7-4-3-5-8-11/h3-10H,1-2H3. The molecule has 1 aromatic carbocycles. The van der Waals surface area contributed by atoms with Crippen LogP contribution in [0.4, 0.5) is 5.69 Å². The molecule has 22 heavy (non-hydrogen) atoms. The van der Waals surface area contributed by atoms with Crippen molar-refractivity contribution in [3.8, 4) is 11.6 Å². The first-order valence-corrected chi connectivity index (χ1v) is 9.77. The SMILES string of the molecule is CS(=O)(=O)N(c1cccnc1Oc1ccccc1)S(C)(=O)=O. The summed E-state index contributed by atoms with van der Waals surface area (Å²) in [5, 5.41) is 0. The van der Waals surface area contributed by atoms with Crippen LogP contribution in [-0.4, -0.2) is 34.3 Å². The Labute approximate surface area is 129 Å². The smallest absolute Gasteiger partial charge is 0.245 e. The van der Waals surface area contributed by atoms with Crippen LogP contribution in [0.25, 0.3) is 0 Å². The second-order valence-electron chi connectivity index (χ2n) is 4.47. The summed E-state index contributed by atoms with van der Waals surface area (Å²) in [6.45, 7) is 0. The Morgan fingerprint density at radius 2 is 1.50 bits per heavy atom. The Morgan fingerprint density at radius 1 is 0.909 bits per heavy atom. The lowest BCUT2D eigenvalue weighted by atomic mass is 10.3. The van der Waals surface area contributed by atoms with E-state index in [1.807, 2.05) is 0 Å². The molecule has 0 amide bonds. The van der Waals surface area contributed by atoms with E-state index >= 15 is 0 Å². The van der Waals surface area contributed by atoms with Crippen molar-refractivity contribution in [1.29, 1.82) is 0 Å². The summed E-state index contributed by atoms with van der Waals surface area (Å²) in [5.74, 6) is 0.286. The summed E-state index contributed by atoms with van der Waals surface area (Å²) in [6.07, 6.45) is 2.98. The topological polar surface area (TPSA) is 93.6 Å². The van der Waals surface area contributed by atoms with Crippen LogP contribution < -0.4 is 8.45 Å². The fourth-order valence-corrected chi connectivity index (χ4v) is 4.76. The van der Waals surface area contributed by atoms with Crippen molar-refractivity contribution < 1.29 is 21.6 Å². The number of hydrogen-bond donors (Lipinski definition) is 0. The molecule has 0 spiro atoms. The zero-order valence-electron chi connectivity index (χ0n) is 11.9. The lowest BCUT2D eigenvalue weighted by molar-refractivity contribution is 0.464. The van der Waals surface area contributed by atoms with Crippen molar-refractivity contribution in [3.63, 3.8) is 0 Å². The van der Waals surface area contributed by atoms with E-state index in [0.717, 1.165) is 12.5 Å². The first-order valence-electron chi connectivity index (χ1n) is 6.08. The van der Waals surface area contributed by atoms with Gasteiger partial charge in [-0.2, -0.15) is 3.71 Å². The van der Waals surface area contributed by atoms with Crippen LogP contribution in [0.2, 0.25) is 0 Å². The summed E-state index contributed by atoms with van der Waals surface area (Å²) in [6, 6.07) is 11.3. The normalized spacial score (nSPS) is 11.9. The van der Waals surface area contributed by atoms with Crippen molar-refractivity contribution in [2.75, 3.05) is 16.2 Å². The van der Waals surface area contributed by atoms with E-state index in [0.29, 0.717) is 9.46 Å². The molecule has 1 aromatic heterocycles. The van der Waals surface area contributed by atoms with Crippen LogP contribution in [0.5, 0.6) is 11.6 Å². The molecule has 0 bridgehead atoms. The number of pyridine rings is 1. The molecule has 0 aliphatic rings. The summed E-state index contributed by atoms with van der Waals surface area (Å²) in [4.78, 5) is 3.93. The van der Waals surface area contributed by atoms with Gasteiger partial charge in [-0.3, -0.25) is 0 Å². The van der Waals surface area contributed by atoms with E-state index in [1.54, 1.807) is 30.3 Å². The highest BCUT2D eigenvalue weighted by Crippen LogP contribution is 2.32. The van der Waals surface area contributed by atoms with Crippen molar-refractivity contribution >= 4 is 25.7 Å². The summed E-state index contributed by atoms with van der Waals surface area (Å²) in [5.41, 5.74) is -0.170. The lowest BCUT2D eigenvalue weighted by Gasteiger charge is -2.21. The number of nitrogens with zero attached hydrogens (tertiary/aromatic N) is 2. The second kappa shape index (κ2) is 5.93. The van der Waals surface area contributed by atoms with Crippen molar-refractivity contribution in [2.24, 2.45) is 0 Å². The molecule has 0 aliphatic carbocycles. The van der Waals surface area contributed by atoms with Gasteiger partial charge >= 0.3 is 0 Å². The third kappa shape index (κ3) is 3.74. The quantitative estimate of drug-likeness (QED) is 0.819. The van der Waals surface area contributed by atoms with E-state index in [1.165, 1.54) is 18.3 Å². The molecular weight excluding hydrogens is 328 g/mol. The predicted octanol–water partition coefficient (Wildman–Crippen LogP) is 1.60. The number of aromatic nitrogens is 1. The van der Waals surface area contributed by atoms with E-state index < -0.39 is 20.0 Å². The molecule has 0 atom stereocenters. The highest BCUT2D eigenvalue weighted by atomic mass is 32.3. The zero-order chi connectivity index (χ0) is 16.4. The molecule has 2 aromatic rings. The van der Waals surface area contributed by atoms with Crippen LogP contribution in [0.1, 0.15) is 0 Å². The highest BCUT2D eigenvalue weighted by molar-refractivity contribution is 8.09. The van der Waals surface area contributed by atoms with Crippen LogP contribution in [0.15, 0.2) is 48.7 Å². The molecule has 0 radical (unpaired) electrons. The van der Waals surface area contributed by atoms with Gasteiger partial charge in [0.05, 0.1) is 12.5 Å². The van der Waals surface area contributed by atoms with Gasteiger partial charge in [0.2, 0.25) is 25.9 Å². The molecule has 118 valence electrons. The van der Waals surface area contributed by atoms with Gasteiger partial charge in [0.25, 0.3) is 0 Å². The minimum atomic E-state index is -4.07. The maximum absolute atomic E-state index is 11.8. The fraction of sp³-hybridized carbons (Fsp3) is 0.154. The van der Waals surface area contributed by atoms with Gasteiger partial charge in [-0.1, -0.05) is 18.2 Å². The number of sulfonamides is 2. The number of anilines is 1. The Hall–Kier alpha value is -2.13. The first kappa shape index (κ1) is 16.2. The van der Waals surface area contributed by atoms with Crippen molar-refractivity contribution in [3.05, 3.63) is 48.7 Å². The molecule has 9 heteroatoms. The van der Waals surface area contributed by atoms with Gasteiger partial charge in [0.15, 0.2) is 0 Å². The average molecular weight is 342 g/mol. The monoisotopic (exact) mass is 342 g/mol. The van der Waals surface area contributed by atoms with E-state index in [9.17, 15) is 16.8 Å². The molecule has 0 aliphatic heterocycles. The molecule has 0 saturated carbocycles. The van der Waals surface area contributed by atoms with Gasteiger partial charge in [-0.15, -0.1) is 0 Å². The van der Waals surface area contributed by atoms with Crippen LogP contribution >= 0.6 is 0 Å². The van der Waals surface area contributed by atoms with E-state index in [-0.39, 0.29) is 11.6 Å². The number of para-hydroxylation sites is 1. The third-order valence-electron chi connectivity index (χ3n) is 2.51. The maximum Gasteiger partial charge on any atom is 0.245 e. The third-order valence-corrected chi connectivity index (χ3v) is 5.73. The molecule has 1 heterocycles. The predicted molar refractivity (Wildman–Crippen MR) is 82.9 cm³/mol. The van der Waals surface area contributed by atoms with Crippen molar-refractivity contribution in [2.45, 2.75) is 0 Å². The van der Waals surface area contributed by atoms with Gasteiger partial charge < -0.3 is 4.74 Å². The first-order chi connectivity index (χ1) is 10.2. The second-order valence-corrected chi connectivity index (χ2v) is 8.36. The molecule has 2 rings (SSSR count).